The molecular formula is C26H45NO4. The summed E-state index contributed by atoms with van der Waals surface area (Å²) in [6.45, 7) is 3.50. The summed E-state index contributed by atoms with van der Waals surface area (Å²) >= 11 is 0. The first-order valence-corrected chi connectivity index (χ1v) is 13.4. The first kappa shape index (κ1) is 23.5. The maximum absolute atomic E-state index is 11.1. The molecule has 4 fully saturated rings. The minimum Gasteiger partial charge on any atom is -0.481 e. The molecule has 178 valence electrons. The molecule has 3 saturated carbocycles. The van der Waals surface area contributed by atoms with Crippen molar-refractivity contribution in [3.63, 3.8) is 0 Å². The molecule has 0 amide bonds. The van der Waals surface area contributed by atoms with Crippen LogP contribution in [0.25, 0.3) is 0 Å². The van der Waals surface area contributed by atoms with Gasteiger partial charge in [-0.15, -0.1) is 0 Å². The minimum absolute atomic E-state index is 0.144. The highest BCUT2D eigenvalue weighted by molar-refractivity contribution is 5.70. The summed E-state index contributed by atoms with van der Waals surface area (Å²) in [5, 5.41) is 9.11. The van der Waals surface area contributed by atoms with Crippen LogP contribution in [-0.2, 0) is 14.3 Å². The van der Waals surface area contributed by atoms with Gasteiger partial charge in [-0.1, -0.05) is 32.1 Å². The molecule has 0 spiro atoms. The van der Waals surface area contributed by atoms with Gasteiger partial charge in [0.15, 0.2) is 0 Å². The highest BCUT2D eigenvalue weighted by Crippen LogP contribution is 2.39. The predicted molar refractivity (Wildman–Crippen MR) is 122 cm³/mol. The van der Waals surface area contributed by atoms with Gasteiger partial charge in [0.25, 0.3) is 0 Å². The van der Waals surface area contributed by atoms with Gasteiger partial charge < -0.3 is 19.5 Å². The zero-order valence-electron chi connectivity index (χ0n) is 19.5. The Labute approximate surface area is 189 Å². The number of hydrogen-bond donors (Lipinski definition) is 1. The third kappa shape index (κ3) is 7.17. The van der Waals surface area contributed by atoms with Crippen LogP contribution in [0.4, 0.5) is 0 Å². The summed E-state index contributed by atoms with van der Waals surface area (Å²) in [6, 6.07) is 0. The number of piperidine rings is 1. The van der Waals surface area contributed by atoms with E-state index < -0.39 is 5.97 Å². The average molecular weight is 436 g/mol. The zero-order valence-corrected chi connectivity index (χ0v) is 19.5. The number of hydrogen-bond acceptors (Lipinski definition) is 4. The summed E-state index contributed by atoms with van der Waals surface area (Å²) in [4.78, 5) is 13.4. The second-order valence-corrected chi connectivity index (χ2v) is 10.8. The highest BCUT2D eigenvalue weighted by Gasteiger charge is 2.31. The van der Waals surface area contributed by atoms with Crippen molar-refractivity contribution in [3.05, 3.63) is 0 Å². The Morgan fingerprint density at radius 2 is 1.26 bits per heavy atom. The number of rotatable bonds is 8. The summed E-state index contributed by atoms with van der Waals surface area (Å²) in [7, 11) is 0. The third-order valence-electron chi connectivity index (χ3n) is 8.74. The van der Waals surface area contributed by atoms with Crippen molar-refractivity contribution in [1.82, 2.24) is 4.90 Å². The van der Waals surface area contributed by atoms with Gasteiger partial charge in [-0.3, -0.25) is 4.79 Å². The normalized spacial score (nSPS) is 34.6. The summed E-state index contributed by atoms with van der Waals surface area (Å²) in [5.74, 6) is 1.23. The lowest BCUT2D eigenvalue weighted by molar-refractivity contribution is -0.143. The van der Waals surface area contributed by atoms with Gasteiger partial charge in [-0.2, -0.15) is 0 Å². The molecular weight excluding hydrogens is 390 g/mol. The number of carbonyl (C=O) groups is 1. The molecule has 5 nitrogen and oxygen atoms in total. The van der Waals surface area contributed by atoms with E-state index in [0.29, 0.717) is 18.3 Å². The fourth-order valence-corrected chi connectivity index (χ4v) is 6.66. The topological polar surface area (TPSA) is 59.0 Å². The zero-order chi connectivity index (χ0) is 21.5. The van der Waals surface area contributed by atoms with E-state index in [1.165, 1.54) is 57.8 Å². The third-order valence-corrected chi connectivity index (χ3v) is 8.74. The molecule has 0 bridgehead atoms. The van der Waals surface area contributed by atoms with E-state index in [1.807, 2.05) is 0 Å². The van der Waals surface area contributed by atoms with E-state index in [2.05, 4.69) is 4.90 Å². The van der Waals surface area contributed by atoms with E-state index in [0.717, 1.165) is 76.6 Å². The van der Waals surface area contributed by atoms with E-state index >= 15 is 0 Å². The Morgan fingerprint density at radius 1 is 0.710 bits per heavy atom. The Morgan fingerprint density at radius 3 is 1.87 bits per heavy atom. The van der Waals surface area contributed by atoms with Crippen LogP contribution in [0.15, 0.2) is 0 Å². The van der Waals surface area contributed by atoms with Gasteiger partial charge in [0.2, 0.25) is 0 Å². The predicted octanol–water partition coefficient (Wildman–Crippen LogP) is 5.27. The highest BCUT2D eigenvalue weighted by atomic mass is 16.5. The van der Waals surface area contributed by atoms with Crippen molar-refractivity contribution >= 4 is 5.97 Å². The molecule has 4 rings (SSSR count). The first-order valence-electron chi connectivity index (χ1n) is 13.4. The van der Waals surface area contributed by atoms with Crippen molar-refractivity contribution in [2.45, 2.75) is 115 Å². The van der Waals surface area contributed by atoms with E-state index in [-0.39, 0.29) is 5.92 Å². The Balaban J connectivity index is 1.04. The number of likely N-dealkylation sites (tertiary alicyclic amines) is 1. The van der Waals surface area contributed by atoms with Gasteiger partial charge in [0.05, 0.1) is 30.8 Å². The number of carboxylic acids is 1. The summed E-state index contributed by atoms with van der Waals surface area (Å²) in [5.41, 5.74) is 0. The van der Waals surface area contributed by atoms with Crippen molar-refractivity contribution in [3.8, 4) is 0 Å². The smallest absolute Gasteiger partial charge is 0.306 e. The molecule has 0 aromatic carbocycles. The standard InChI is InChI=1S/C26H45NO4/c28-26(29)22-14-16-27(17-15-22)18-19-30-23-10-12-25(13-11-23)31-24-8-6-21(7-9-24)20-4-2-1-3-5-20/h20-25H,1-19H2,(H,28,29). The number of aliphatic carboxylic acids is 1. The molecule has 1 saturated heterocycles. The van der Waals surface area contributed by atoms with Crippen LogP contribution in [0, 0.1) is 17.8 Å². The van der Waals surface area contributed by atoms with E-state index in [1.54, 1.807) is 0 Å². The molecule has 1 N–H and O–H groups in total. The van der Waals surface area contributed by atoms with Gasteiger partial charge in [-0.25, -0.2) is 0 Å². The van der Waals surface area contributed by atoms with Crippen LogP contribution in [0.5, 0.6) is 0 Å². The monoisotopic (exact) mass is 435 g/mol. The van der Waals surface area contributed by atoms with Crippen LogP contribution in [-0.4, -0.2) is 60.5 Å². The number of carboxylic acid groups (broad SMARTS) is 1. The van der Waals surface area contributed by atoms with Crippen molar-refractivity contribution < 1.29 is 19.4 Å². The minimum atomic E-state index is -0.632. The maximum Gasteiger partial charge on any atom is 0.306 e. The lowest BCUT2D eigenvalue weighted by Crippen LogP contribution is -2.39. The summed E-state index contributed by atoms with van der Waals surface area (Å²) < 4.78 is 12.7. The Kier molecular flexibility index (Phi) is 9.09. The molecule has 0 unspecified atom stereocenters. The number of nitrogens with zero attached hydrogens (tertiary/aromatic N) is 1. The molecule has 5 heteroatoms. The largest absolute Gasteiger partial charge is 0.481 e. The molecule has 0 atom stereocenters. The Hall–Kier alpha value is -0.650. The molecule has 1 heterocycles. The van der Waals surface area contributed by atoms with Crippen LogP contribution in [0.1, 0.15) is 96.3 Å². The number of ether oxygens (including phenoxy) is 2. The maximum atomic E-state index is 11.1. The SMILES string of the molecule is O=C(O)C1CCN(CCOC2CCC(OC3CCC(C4CCCCC4)CC3)CC2)CC1. The van der Waals surface area contributed by atoms with Crippen LogP contribution >= 0.6 is 0 Å². The fraction of sp³-hybridized carbons (Fsp3) is 0.962. The van der Waals surface area contributed by atoms with Crippen molar-refractivity contribution in [2.75, 3.05) is 26.2 Å². The average Bonchev–Trinajstić information content (AvgIpc) is 2.82. The van der Waals surface area contributed by atoms with Gasteiger partial charge in [-0.05, 0) is 89.1 Å². The molecule has 4 aliphatic rings. The molecule has 0 radical (unpaired) electrons. The van der Waals surface area contributed by atoms with Gasteiger partial charge in [0.1, 0.15) is 0 Å². The molecule has 0 aromatic rings. The molecule has 31 heavy (non-hydrogen) atoms. The van der Waals surface area contributed by atoms with Crippen LogP contribution in [0.2, 0.25) is 0 Å². The van der Waals surface area contributed by atoms with Crippen LogP contribution < -0.4 is 0 Å². The summed E-state index contributed by atoms with van der Waals surface area (Å²) in [6.07, 6.45) is 20.2. The quantitative estimate of drug-likeness (QED) is 0.563. The van der Waals surface area contributed by atoms with E-state index in [4.69, 9.17) is 14.6 Å². The van der Waals surface area contributed by atoms with Gasteiger partial charge >= 0.3 is 5.97 Å². The van der Waals surface area contributed by atoms with Crippen molar-refractivity contribution in [2.24, 2.45) is 17.8 Å². The fourth-order valence-electron chi connectivity index (χ4n) is 6.66. The molecule has 0 aromatic heterocycles. The second kappa shape index (κ2) is 12.0. The van der Waals surface area contributed by atoms with Crippen LogP contribution in [0.3, 0.4) is 0 Å². The lowest BCUT2D eigenvalue weighted by Gasteiger charge is -2.38. The Bertz CT molecular complexity index is 526. The molecule has 3 aliphatic carbocycles. The first-order chi connectivity index (χ1) is 15.2. The van der Waals surface area contributed by atoms with Gasteiger partial charge in [0, 0.05) is 6.54 Å². The van der Waals surface area contributed by atoms with E-state index in [9.17, 15) is 4.79 Å². The second-order valence-electron chi connectivity index (χ2n) is 10.8. The lowest BCUT2D eigenvalue weighted by atomic mass is 9.73. The van der Waals surface area contributed by atoms with Crippen molar-refractivity contribution in [1.29, 1.82) is 0 Å². The molecule has 1 aliphatic heterocycles.